The van der Waals surface area contributed by atoms with E-state index in [0.29, 0.717) is 5.95 Å². The third-order valence-electron chi connectivity index (χ3n) is 2.43. The van der Waals surface area contributed by atoms with Crippen LogP contribution in [0.1, 0.15) is 32.2 Å². The van der Waals surface area contributed by atoms with Crippen molar-refractivity contribution in [3.05, 3.63) is 11.4 Å². The number of aromatic nitrogens is 3. The van der Waals surface area contributed by atoms with E-state index in [1.807, 2.05) is 34.6 Å². The molecule has 0 aliphatic rings. The first kappa shape index (κ1) is 13.3. The molecule has 0 amide bonds. The molecule has 1 aromatic rings. The van der Waals surface area contributed by atoms with Crippen molar-refractivity contribution in [2.45, 2.75) is 40.2 Å². The molecule has 0 aliphatic heterocycles. The number of rotatable bonds is 3. The van der Waals surface area contributed by atoms with E-state index in [-0.39, 0.29) is 12.1 Å². The van der Waals surface area contributed by atoms with Crippen molar-refractivity contribution >= 4 is 11.9 Å². The van der Waals surface area contributed by atoms with Crippen LogP contribution < -0.4 is 4.90 Å². The third kappa shape index (κ3) is 3.37. The van der Waals surface area contributed by atoms with E-state index in [1.165, 1.54) is 0 Å². The van der Waals surface area contributed by atoms with Crippen LogP contribution in [-0.2, 0) is 4.79 Å². The second-order valence-electron chi connectivity index (χ2n) is 4.93. The molecule has 6 nitrogen and oxygen atoms in total. The maximum Gasteiger partial charge on any atom is 0.323 e. The van der Waals surface area contributed by atoms with E-state index in [4.69, 9.17) is 5.11 Å². The number of hydrogen-bond acceptors (Lipinski definition) is 5. The highest BCUT2D eigenvalue weighted by Gasteiger charge is 2.26. The Morgan fingerprint density at radius 2 is 1.82 bits per heavy atom. The molecule has 0 spiro atoms. The molecule has 0 unspecified atom stereocenters. The summed E-state index contributed by atoms with van der Waals surface area (Å²) >= 11 is 0. The number of nitrogens with zero attached hydrogens (tertiary/aromatic N) is 4. The predicted octanol–water partition coefficient (Wildman–Crippen LogP) is 1.18. The molecule has 0 saturated heterocycles. The van der Waals surface area contributed by atoms with Crippen molar-refractivity contribution < 1.29 is 9.90 Å². The van der Waals surface area contributed by atoms with Crippen molar-refractivity contribution in [3.63, 3.8) is 0 Å². The third-order valence-corrected chi connectivity index (χ3v) is 2.43. The van der Waals surface area contributed by atoms with Gasteiger partial charge in [0.25, 0.3) is 0 Å². The number of carbonyl (C=O) groups is 1. The van der Waals surface area contributed by atoms with Gasteiger partial charge >= 0.3 is 5.97 Å². The summed E-state index contributed by atoms with van der Waals surface area (Å²) < 4.78 is 0. The zero-order chi connectivity index (χ0) is 13.2. The Balaban J connectivity index is 3.13. The summed E-state index contributed by atoms with van der Waals surface area (Å²) in [6.45, 7) is 9.23. The van der Waals surface area contributed by atoms with Crippen LogP contribution in [0.4, 0.5) is 5.95 Å². The fourth-order valence-electron chi connectivity index (χ4n) is 1.30. The van der Waals surface area contributed by atoms with Crippen LogP contribution >= 0.6 is 0 Å². The predicted molar refractivity (Wildman–Crippen MR) is 64.0 cm³/mol. The van der Waals surface area contributed by atoms with Crippen molar-refractivity contribution in [1.82, 2.24) is 15.2 Å². The molecule has 0 saturated carbocycles. The Morgan fingerprint density at radius 1 is 1.24 bits per heavy atom. The highest BCUT2D eigenvalue weighted by molar-refractivity contribution is 5.73. The summed E-state index contributed by atoms with van der Waals surface area (Å²) in [7, 11) is 0. The van der Waals surface area contributed by atoms with Crippen molar-refractivity contribution in [1.29, 1.82) is 0 Å². The molecule has 0 bridgehead atoms. The molecule has 0 radical (unpaired) electrons. The van der Waals surface area contributed by atoms with Crippen LogP contribution in [0.2, 0.25) is 0 Å². The van der Waals surface area contributed by atoms with Gasteiger partial charge < -0.3 is 10.0 Å². The van der Waals surface area contributed by atoms with Gasteiger partial charge in [0.2, 0.25) is 5.95 Å². The van der Waals surface area contributed by atoms with Gasteiger partial charge in [0.15, 0.2) is 0 Å². The zero-order valence-electron chi connectivity index (χ0n) is 10.9. The highest BCUT2D eigenvalue weighted by atomic mass is 16.4. The maximum absolute atomic E-state index is 10.9. The molecule has 1 aromatic heterocycles. The second-order valence-corrected chi connectivity index (χ2v) is 4.93. The van der Waals surface area contributed by atoms with Gasteiger partial charge in [-0.1, -0.05) is 0 Å². The molecule has 0 aliphatic carbocycles. The number of anilines is 1. The first-order valence-corrected chi connectivity index (χ1v) is 5.39. The lowest BCUT2D eigenvalue weighted by molar-refractivity contribution is -0.135. The van der Waals surface area contributed by atoms with Gasteiger partial charge in [-0.15, -0.1) is 5.10 Å². The summed E-state index contributed by atoms with van der Waals surface area (Å²) in [5.74, 6) is -0.565. The number of carboxylic acids is 1. The highest BCUT2D eigenvalue weighted by Crippen LogP contribution is 2.19. The SMILES string of the molecule is Cc1nnc(N(CC(=O)O)C(C)(C)C)nc1C. The monoisotopic (exact) mass is 238 g/mol. The van der Waals surface area contributed by atoms with Gasteiger partial charge in [-0.05, 0) is 34.6 Å². The van der Waals surface area contributed by atoms with Crippen molar-refractivity contribution in [2.75, 3.05) is 11.4 Å². The molecular weight excluding hydrogens is 220 g/mol. The number of aliphatic carboxylic acids is 1. The normalized spacial score (nSPS) is 11.4. The van der Waals surface area contributed by atoms with Gasteiger partial charge in [-0.3, -0.25) is 4.79 Å². The van der Waals surface area contributed by atoms with Crippen LogP contribution in [0.5, 0.6) is 0 Å². The molecule has 0 fully saturated rings. The number of aryl methyl sites for hydroxylation is 2. The van der Waals surface area contributed by atoms with Gasteiger partial charge in [0.05, 0.1) is 11.4 Å². The Hall–Kier alpha value is -1.72. The van der Waals surface area contributed by atoms with E-state index < -0.39 is 5.97 Å². The molecule has 6 heteroatoms. The van der Waals surface area contributed by atoms with E-state index in [2.05, 4.69) is 15.2 Å². The van der Waals surface area contributed by atoms with E-state index in [1.54, 1.807) is 4.90 Å². The summed E-state index contributed by atoms with van der Waals surface area (Å²) in [4.78, 5) is 16.8. The standard InChI is InChI=1S/C11H18N4O2/c1-7-8(2)13-14-10(12-7)15(6-9(16)17)11(3,4)5/h6H2,1-5H3,(H,16,17). The van der Waals surface area contributed by atoms with Crippen molar-refractivity contribution in [3.8, 4) is 0 Å². The van der Waals surface area contributed by atoms with E-state index in [9.17, 15) is 4.79 Å². The Morgan fingerprint density at radius 3 is 2.24 bits per heavy atom. The smallest absolute Gasteiger partial charge is 0.323 e. The molecule has 17 heavy (non-hydrogen) atoms. The van der Waals surface area contributed by atoms with Crippen LogP contribution in [0.25, 0.3) is 0 Å². The molecule has 1 heterocycles. The fourth-order valence-corrected chi connectivity index (χ4v) is 1.30. The summed E-state index contributed by atoms with van der Waals surface area (Å²) in [5.41, 5.74) is 1.13. The summed E-state index contributed by atoms with van der Waals surface area (Å²) in [6, 6.07) is 0. The Kier molecular flexibility index (Phi) is 3.65. The van der Waals surface area contributed by atoms with E-state index in [0.717, 1.165) is 11.4 Å². The lowest BCUT2D eigenvalue weighted by atomic mass is 10.1. The minimum atomic E-state index is -0.915. The average Bonchev–Trinajstić information content (AvgIpc) is 2.17. The topological polar surface area (TPSA) is 79.2 Å². The summed E-state index contributed by atoms with van der Waals surface area (Å²) in [5, 5.41) is 16.8. The molecule has 1 N–H and O–H groups in total. The van der Waals surface area contributed by atoms with Crippen LogP contribution in [-0.4, -0.2) is 38.3 Å². The second kappa shape index (κ2) is 4.65. The van der Waals surface area contributed by atoms with Crippen LogP contribution in [0, 0.1) is 13.8 Å². The van der Waals surface area contributed by atoms with Crippen molar-refractivity contribution in [2.24, 2.45) is 0 Å². The first-order chi connectivity index (χ1) is 7.71. The largest absolute Gasteiger partial charge is 0.480 e. The molecule has 0 aromatic carbocycles. The minimum Gasteiger partial charge on any atom is -0.480 e. The first-order valence-electron chi connectivity index (χ1n) is 5.39. The molecular formula is C11H18N4O2. The number of hydrogen-bond donors (Lipinski definition) is 1. The molecule has 0 atom stereocenters. The Bertz CT molecular complexity index is 426. The summed E-state index contributed by atoms with van der Waals surface area (Å²) in [6.07, 6.45) is 0. The fraction of sp³-hybridized carbons (Fsp3) is 0.636. The van der Waals surface area contributed by atoms with Gasteiger partial charge in [0, 0.05) is 5.54 Å². The lowest BCUT2D eigenvalue weighted by Crippen LogP contribution is -2.45. The lowest BCUT2D eigenvalue weighted by Gasteiger charge is -2.34. The molecule has 94 valence electrons. The van der Waals surface area contributed by atoms with Gasteiger partial charge in [-0.25, -0.2) is 4.98 Å². The maximum atomic E-state index is 10.9. The van der Waals surface area contributed by atoms with Gasteiger partial charge in [-0.2, -0.15) is 5.10 Å². The van der Waals surface area contributed by atoms with Crippen LogP contribution in [0.15, 0.2) is 0 Å². The molecule has 1 rings (SSSR count). The average molecular weight is 238 g/mol. The van der Waals surface area contributed by atoms with Crippen LogP contribution in [0.3, 0.4) is 0 Å². The Labute approximate surface area is 101 Å². The zero-order valence-corrected chi connectivity index (χ0v) is 10.9. The van der Waals surface area contributed by atoms with Gasteiger partial charge in [0.1, 0.15) is 6.54 Å². The van der Waals surface area contributed by atoms with E-state index >= 15 is 0 Å². The number of carboxylic acid groups (broad SMARTS) is 1. The minimum absolute atomic E-state index is 0.145. The quantitative estimate of drug-likeness (QED) is 0.851.